The van der Waals surface area contributed by atoms with E-state index in [2.05, 4.69) is 24.3 Å². The SMILES string of the molecule is CCC(CC)c1cc(C)nn2c(-c3c(C)nc4c(C(C)O)cccn34)c(C)nc12. The molecular formula is C23H29N5O. The molecule has 0 aromatic carbocycles. The molecule has 0 aliphatic rings. The van der Waals surface area contributed by atoms with Crippen LogP contribution in [0.2, 0.25) is 0 Å². The van der Waals surface area contributed by atoms with Gasteiger partial charge in [-0.05, 0) is 58.6 Å². The van der Waals surface area contributed by atoms with Gasteiger partial charge in [0, 0.05) is 17.3 Å². The first-order valence-electron chi connectivity index (χ1n) is 10.4. The van der Waals surface area contributed by atoms with Crippen LogP contribution in [0.5, 0.6) is 0 Å². The zero-order chi connectivity index (χ0) is 20.9. The Kier molecular flexibility index (Phi) is 4.90. The van der Waals surface area contributed by atoms with Crippen molar-refractivity contribution in [3.63, 3.8) is 0 Å². The Hall–Kier alpha value is -2.73. The molecular weight excluding hydrogens is 362 g/mol. The van der Waals surface area contributed by atoms with Crippen molar-refractivity contribution in [1.82, 2.24) is 24.0 Å². The minimum Gasteiger partial charge on any atom is -0.389 e. The number of aliphatic hydroxyl groups is 1. The Balaban J connectivity index is 2.07. The van der Waals surface area contributed by atoms with Gasteiger partial charge in [-0.15, -0.1) is 0 Å². The number of aromatic nitrogens is 5. The largest absolute Gasteiger partial charge is 0.389 e. The van der Waals surface area contributed by atoms with Gasteiger partial charge in [-0.1, -0.05) is 19.9 Å². The number of imidazole rings is 2. The third-order valence-electron chi connectivity index (χ3n) is 5.86. The monoisotopic (exact) mass is 391 g/mol. The lowest BCUT2D eigenvalue weighted by Gasteiger charge is -2.15. The van der Waals surface area contributed by atoms with E-state index in [9.17, 15) is 5.11 Å². The molecule has 0 saturated heterocycles. The zero-order valence-corrected chi connectivity index (χ0v) is 18.1. The van der Waals surface area contributed by atoms with Crippen molar-refractivity contribution in [3.8, 4) is 11.4 Å². The van der Waals surface area contributed by atoms with Gasteiger partial charge >= 0.3 is 0 Å². The Bertz CT molecular complexity index is 1200. The number of fused-ring (bicyclic) bond motifs is 2. The maximum atomic E-state index is 10.2. The van der Waals surface area contributed by atoms with Gasteiger partial charge in [-0.25, -0.2) is 14.5 Å². The van der Waals surface area contributed by atoms with Crippen LogP contribution in [0.25, 0.3) is 22.7 Å². The summed E-state index contributed by atoms with van der Waals surface area (Å²) in [6.07, 6.45) is 3.55. The third-order valence-corrected chi connectivity index (χ3v) is 5.86. The summed E-state index contributed by atoms with van der Waals surface area (Å²) in [5.74, 6) is 0.457. The fraction of sp³-hybridized carbons (Fsp3) is 0.435. The normalized spacial score (nSPS) is 13.1. The molecule has 0 radical (unpaired) electrons. The number of aryl methyl sites for hydroxylation is 3. The molecule has 1 unspecified atom stereocenters. The van der Waals surface area contributed by atoms with Crippen molar-refractivity contribution in [2.24, 2.45) is 0 Å². The first-order valence-corrected chi connectivity index (χ1v) is 10.4. The summed E-state index contributed by atoms with van der Waals surface area (Å²) in [4.78, 5) is 9.73. The maximum absolute atomic E-state index is 10.2. The van der Waals surface area contributed by atoms with Crippen LogP contribution < -0.4 is 0 Å². The average molecular weight is 392 g/mol. The van der Waals surface area contributed by atoms with Gasteiger partial charge in [-0.3, -0.25) is 4.40 Å². The molecule has 1 atom stereocenters. The zero-order valence-electron chi connectivity index (χ0n) is 18.1. The summed E-state index contributed by atoms with van der Waals surface area (Å²) in [6.45, 7) is 12.3. The number of aliphatic hydroxyl groups excluding tert-OH is 1. The van der Waals surface area contributed by atoms with E-state index in [1.807, 2.05) is 43.6 Å². The number of nitrogens with zero attached hydrogens (tertiary/aromatic N) is 5. The van der Waals surface area contributed by atoms with Crippen LogP contribution in [-0.4, -0.2) is 29.1 Å². The summed E-state index contributed by atoms with van der Waals surface area (Å²) in [6, 6.07) is 6.05. The quantitative estimate of drug-likeness (QED) is 0.524. The number of hydrogen-bond donors (Lipinski definition) is 1. The lowest BCUT2D eigenvalue weighted by molar-refractivity contribution is 0.200. The molecule has 0 bridgehead atoms. The van der Waals surface area contributed by atoms with Gasteiger partial charge in [0.1, 0.15) is 11.3 Å². The molecule has 0 amide bonds. The van der Waals surface area contributed by atoms with E-state index in [1.165, 1.54) is 5.56 Å². The molecule has 1 N–H and O–H groups in total. The molecule has 0 fully saturated rings. The minimum atomic E-state index is -0.585. The molecule has 4 aromatic heterocycles. The lowest BCUT2D eigenvalue weighted by Crippen LogP contribution is -2.06. The summed E-state index contributed by atoms with van der Waals surface area (Å²) in [5.41, 5.74) is 8.52. The molecule has 152 valence electrons. The second kappa shape index (κ2) is 7.26. The lowest BCUT2D eigenvalue weighted by atomic mass is 9.95. The van der Waals surface area contributed by atoms with Crippen molar-refractivity contribution in [2.75, 3.05) is 0 Å². The number of hydrogen-bond acceptors (Lipinski definition) is 4. The van der Waals surface area contributed by atoms with Crippen LogP contribution in [-0.2, 0) is 0 Å². The smallest absolute Gasteiger partial charge is 0.158 e. The highest BCUT2D eigenvalue weighted by Crippen LogP contribution is 2.34. The van der Waals surface area contributed by atoms with Gasteiger partial charge in [0.05, 0.1) is 28.9 Å². The average Bonchev–Trinajstić information content (AvgIpc) is 3.17. The van der Waals surface area contributed by atoms with Crippen LogP contribution in [0.4, 0.5) is 0 Å². The summed E-state index contributed by atoms with van der Waals surface area (Å²) >= 11 is 0. The molecule has 4 rings (SSSR count). The van der Waals surface area contributed by atoms with Gasteiger partial charge in [-0.2, -0.15) is 5.10 Å². The molecule has 4 heterocycles. The molecule has 0 aliphatic carbocycles. The van der Waals surface area contributed by atoms with Crippen LogP contribution in [0.15, 0.2) is 24.4 Å². The minimum absolute atomic E-state index is 0.457. The fourth-order valence-corrected chi connectivity index (χ4v) is 4.39. The van der Waals surface area contributed by atoms with Gasteiger partial charge in [0.2, 0.25) is 0 Å². The molecule has 0 aliphatic heterocycles. The van der Waals surface area contributed by atoms with Crippen LogP contribution in [0.3, 0.4) is 0 Å². The first-order chi connectivity index (χ1) is 13.9. The first kappa shape index (κ1) is 19.6. The van der Waals surface area contributed by atoms with E-state index in [0.29, 0.717) is 5.92 Å². The van der Waals surface area contributed by atoms with E-state index < -0.39 is 6.10 Å². The van der Waals surface area contributed by atoms with E-state index in [0.717, 1.165) is 58.2 Å². The van der Waals surface area contributed by atoms with Crippen molar-refractivity contribution in [2.45, 2.75) is 66.4 Å². The predicted molar refractivity (Wildman–Crippen MR) is 115 cm³/mol. The fourth-order valence-electron chi connectivity index (χ4n) is 4.39. The number of pyridine rings is 1. The van der Waals surface area contributed by atoms with E-state index in [-0.39, 0.29) is 0 Å². The van der Waals surface area contributed by atoms with E-state index in [1.54, 1.807) is 6.92 Å². The highest BCUT2D eigenvalue weighted by atomic mass is 16.3. The summed E-state index contributed by atoms with van der Waals surface area (Å²) < 4.78 is 4.04. The Labute approximate surface area is 171 Å². The van der Waals surface area contributed by atoms with Crippen molar-refractivity contribution in [1.29, 1.82) is 0 Å². The Morgan fingerprint density at radius 3 is 2.28 bits per heavy atom. The van der Waals surface area contributed by atoms with E-state index in [4.69, 9.17) is 15.1 Å². The third kappa shape index (κ3) is 3.02. The molecule has 4 aromatic rings. The summed E-state index contributed by atoms with van der Waals surface area (Å²) in [7, 11) is 0. The second-order valence-corrected chi connectivity index (χ2v) is 7.91. The second-order valence-electron chi connectivity index (χ2n) is 7.91. The Morgan fingerprint density at radius 2 is 1.62 bits per heavy atom. The molecule has 6 nitrogen and oxygen atoms in total. The van der Waals surface area contributed by atoms with Gasteiger partial charge in [0.25, 0.3) is 0 Å². The molecule has 6 heteroatoms. The molecule has 29 heavy (non-hydrogen) atoms. The highest BCUT2D eigenvalue weighted by Gasteiger charge is 2.24. The standard InChI is InChI=1S/C23H29N5O/c1-7-17(8-2)19-12-13(3)26-28-21(15(5)25-23(19)28)20-14(4)24-22-18(16(6)29)10-9-11-27(20)22/h9-12,16-17,29H,7-8H2,1-6H3. The van der Waals surface area contributed by atoms with Crippen LogP contribution in [0, 0.1) is 20.8 Å². The highest BCUT2D eigenvalue weighted by molar-refractivity contribution is 5.71. The maximum Gasteiger partial charge on any atom is 0.158 e. The van der Waals surface area contributed by atoms with Gasteiger partial charge in [0.15, 0.2) is 5.65 Å². The molecule has 0 spiro atoms. The van der Waals surface area contributed by atoms with Crippen molar-refractivity contribution in [3.05, 3.63) is 52.6 Å². The molecule has 0 saturated carbocycles. The number of rotatable bonds is 5. The van der Waals surface area contributed by atoms with Crippen molar-refractivity contribution < 1.29 is 5.11 Å². The van der Waals surface area contributed by atoms with Crippen LogP contribution in [0.1, 0.15) is 73.8 Å². The Morgan fingerprint density at radius 1 is 0.966 bits per heavy atom. The summed E-state index contributed by atoms with van der Waals surface area (Å²) in [5, 5.41) is 15.0. The van der Waals surface area contributed by atoms with E-state index >= 15 is 0 Å². The van der Waals surface area contributed by atoms with Gasteiger partial charge < -0.3 is 5.11 Å². The van der Waals surface area contributed by atoms with Crippen LogP contribution >= 0.6 is 0 Å². The van der Waals surface area contributed by atoms with Crippen molar-refractivity contribution >= 4 is 11.3 Å². The topological polar surface area (TPSA) is 67.7 Å². The predicted octanol–water partition coefficient (Wildman–Crippen LogP) is 4.93.